The molecule has 1 aliphatic rings. The lowest BCUT2D eigenvalue weighted by Crippen LogP contribution is -2.63. The minimum atomic E-state index is -1.53. The molecule has 2 atom stereocenters. The number of carbonyl (C=O) groups is 3. The van der Waals surface area contributed by atoms with Gasteiger partial charge in [-0.05, 0) is 34.6 Å². The van der Waals surface area contributed by atoms with Gasteiger partial charge in [-0.3, -0.25) is 4.79 Å². The molecule has 2 unspecified atom stereocenters. The van der Waals surface area contributed by atoms with E-state index in [0.29, 0.717) is 0 Å². The molecule has 8 heteroatoms. The molecular formula is C26H32N2O6. The molecule has 0 saturated heterocycles. The molecule has 0 aliphatic heterocycles. The number of nitrogens with one attached hydrogen (secondary N) is 2. The van der Waals surface area contributed by atoms with Crippen molar-refractivity contribution in [2.24, 2.45) is 5.41 Å². The summed E-state index contributed by atoms with van der Waals surface area (Å²) in [6.45, 7) is 6.51. The van der Waals surface area contributed by atoms with Crippen molar-refractivity contribution in [1.29, 1.82) is 0 Å². The molecule has 0 heterocycles. The summed E-state index contributed by atoms with van der Waals surface area (Å²) in [7, 11) is 1.39. The van der Waals surface area contributed by atoms with Crippen molar-refractivity contribution in [3.05, 3.63) is 59.7 Å². The van der Waals surface area contributed by atoms with Crippen molar-refractivity contribution in [3.63, 3.8) is 0 Å². The maximum absolute atomic E-state index is 13.0. The quantitative estimate of drug-likeness (QED) is 0.546. The predicted molar refractivity (Wildman–Crippen MR) is 128 cm³/mol. The van der Waals surface area contributed by atoms with Gasteiger partial charge in [-0.15, -0.1) is 0 Å². The number of benzene rings is 2. The number of amides is 2. The Morgan fingerprint density at radius 3 is 1.97 bits per heavy atom. The number of methoxy groups -OCH3 is 1. The third kappa shape index (κ3) is 5.22. The lowest BCUT2D eigenvalue weighted by Gasteiger charge is -2.33. The van der Waals surface area contributed by atoms with Gasteiger partial charge in [0.25, 0.3) is 0 Å². The van der Waals surface area contributed by atoms with E-state index in [1.54, 1.807) is 20.8 Å². The molecule has 34 heavy (non-hydrogen) atoms. The van der Waals surface area contributed by atoms with Crippen LogP contribution in [-0.4, -0.2) is 55.0 Å². The minimum Gasteiger partial charge on any atom is -0.480 e. The summed E-state index contributed by atoms with van der Waals surface area (Å²) in [6, 6.07) is 14.8. The van der Waals surface area contributed by atoms with Crippen molar-refractivity contribution >= 4 is 18.0 Å². The van der Waals surface area contributed by atoms with Gasteiger partial charge >= 0.3 is 12.1 Å². The third-order valence-corrected chi connectivity index (χ3v) is 6.04. The lowest BCUT2D eigenvalue weighted by atomic mass is 9.86. The van der Waals surface area contributed by atoms with E-state index < -0.39 is 35.0 Å². The average Bonchev–Trinajstić information content (AvgIpc) is 3.08. The van der Waals surface area contributed by atoms with Gasteiger partial charge in [-0.2, -0.15) is 0 Å². The van der Waals surface area contributed by atoms with E-state index >= 15 is 0 Å². The van der Waals surface area contributed by atoms with Crippen molar-refractivity contribution < 1.29 is 29.0 Å². The van der Waals surface area contributed by atoms with E-state index in [1.807, 2.05) is 48.5 Å². The molecule has 2 amide bonds. The zero-order valence-electron chi connectivity index (χ0n) is 20.2. The Bertz CT molecular complexity index is 1030. The monoisotopic (exact) mass is 468 g/mol. The minimum absolute atomic E-state index is 0.0876. The highest BCUT2D eigenvalue weighted by molar-refractivity contribution is 5.92. The number of carboxylic acid groups (broad SMARTS) is 1. The molecule has 0 fully saturated rings. The zero-order chi connectivity index (χ0) is 25.1. The highest BCUT2D eigenvalue weighted by Gasteiger charge is 2.41. The van der Waals surface area contributed by atoms with Gasteiger partial charge in [0.15, 0.2) is 0 Å². The maximum atomic E-state index is 13.0. The number of fused-ring (bicyclic) bond motifs is 3. The van der Waals surface area contributed by atoms with Crippen LogP contribution in [-0.2, 0) is 19.1 Å². The number of carboxylic acids is 1. The first kappa shape index (κ1) is 25.2. The number of alkyl carbamates (subject to hydrolysis) is 1. The van der Waals surface area contributed by atoms with Crippen molar-refractivity contribution in [1.82, 2.24) is 10.6 Å². The van der Waals surface area contributed by atoms with Gasteiger partial charge in [0.05, 0.1) is 6.61 Å². The Labute approximate surface area is 199 Å². The third-order valence-electron chi connectivity index (χ3n) is 6.04. The molecule has 2 aromatic carbocycles. The second-order valence-electron chi connectivity index (χ2n) is 9.83. The van der Waals surface area contributed by atoms with Crippen LogP contribution in [0.1, 0.15) is 44.7 Å². The maximum Gasteiger partial charge on any atom is 0.408 e. The van der Waals surface area contributed by atoms with Crippen LogP contribution >= 0.6 is 0 Å². The van der Waals surface area contributed by atoms with E-state index in [9.17, 15) is 19.5 Å². The van der Waals surface area contributed by atoms with Gasteiger partial charge in [0.1, 0.15) is 18.2 Å². The fourth-order valence-corrected chi connectivity index (χ4v) is 4.25. The zero-order valence-corrected chi connectivity index (χ0v) is 20.2. The standard InChI is InChI=1S/C26H32N2O6/c1-25(2,3)21(22(29)30)27-23(31)26(4,15-33-5)28-24(32)34-14-20-18-12-8-6-10-16(18)17-11-7-9-13-19(17)20/h6-13,20-21H,14-15H2,1-5H3,(H,27,31)(H,28,32)(H,29,30). The van der Waals surface area contributed by atoms with Crippen molar-refractivity contribution in [2.45, 2.75) is 45.2 Å². The molecule has 0 saturated carbocycles. The number of ether oxygens (including phenoxy) is 2. The largest absolute Gasteiger partial charge is 0.480 e. The SMILES string of the molecule is COCC(C)(NC(=O)OCC1c2ccccc2-c2ccccc21)C(=O)NC(C(=O)O)C(C)(C)C. The topological polar surface area (TPSA) is 114 Å². The van der Waals surface area contributed by atoms with Crippen LogP contribution in [0.25, 0.3) is 11.1 Å². The molecule has 182 valence electrons. The Morgan fingerprint density at radius 2 is 1.50 bits per heavy atom. The highest BCUT2D eigenvalue weighted by atomic mass is 16.5. The first-order valence-corrected chi connectivity index (χ1v) is 11.1. The van der Waals surface area contributed by atoms with E-state index in [4.69, 9.17) is 9.47 Å². The van der Waals surface area contributed by atoms with Crippen LogP contribution < -0.4 is 10.6 Å². The first-order chi connectivity index (χ1) is 16.0. The Hall–Kier alpha value is -3.39. The Morgan fingerprint density at radius 1 is 0.971 bits per heavy atom. The van der Waals surface area contributed by atoms with Crippen LogP contribution in [0.4, 0.5) is 4.79 Å². The summed E-state index contributed by atoms with van der Waals surface area (Å²) in [4.78, 5) is 37.4. The van der Waals surface area contributed by atoms with Crippen LogP contribution in [0.3, 0.4) is 0 Å². The summed E-state index contributed by atoms with van der Waals surface area (Å²) in [5.41, 5.74) is 2.09. The van der Waals surface area contributed by atoms with Crippen LogP contribution in [0.5, 0.6) is 0 Å². The van der Waals surface area contributed by atoms with Crippen molar-refractivity contribution in [2.75, 3.05) is 20.3 Å². The van der Waals surface area contributed by atoms with Gasteiger partial charge in [-0.1, -0.05) is 69.3 Å². The number of aliphatic carboxylic acids is 1. The summed E-state index contributed by atoms with van der Waals surface area (Å²) >= 11 is 0. The van der Waals surface area contributed by atoms with Gasteiger partial charge in [0, 0.05) is 13.0 Å². The molecule has 0 bridgehead atoms. The average molecular weight is 469 g/mol. The van der Waals surface area contributed by atoms with Gasteiger partial charge < -0.3 is 25.2 Å². The van der Waals surface area contributed by atoms with E-state index in [0.717, 1.165) is 22.3 Å². The molecule has 0 radical (unpaired) electrons. The van der Waals surface area contributed by atoms with Crippen LogP contribution in [0.15, 0.2) is 48.5 Å². The first-order valence-electron chi connectivity index (χ1n) is 11.1. The summed E-state index contributed by atoms with van der Waals surface area (Å²) in [5, 5.41) is 14.6. The lowest BCUT2D eigenvalue weighted by molar-refractivity contribution is -0.146. The van der Waals surface area contributed by atoms with Crippen LogP contribution in [0.2, 0.25) is 0 Å². The fourth-order valence-electron chi connectivity index (χ4n) is 4.25. The van der Waals surface area contributed by atoms with E-state index in [1.165, 1.54) is 14.0 Å². The van der Waals surface area contributed by atoms with E-state index in [2.05, 4.69) is 10.6 Å². The van der Waals surface area contributed by atoms with Crippen molar-refractivity contribution in [3.8, 4) is 11.1 Å². The van der Waals surface area contributed by atoms with Gasteiger partial charge in [-0.25, -0.2) is 9.59 Å². The summed E-state index contributed by atoms with van der Waals surface area (Å²) in [6.07, 6.45) is -0.792. The molecule has 2 aromatic rings. The fraction of sp³-hybridized carbons (Fsp3) is 0.423. The smallest absolute Gasteiger partial charge is 0.408 e. The predicted octanol–water partition coefficient (Wildman–Crippen LogP) is 3.55. The second kappa shape index (κ2) is 9.85. The normalized spacial score (nSPS) is 15.4. The van der Waals surface area contributed by atoms with Gasteiger partial charge in [0.2, 0.25) is 5.91 Å². The summed E-state index contributed by atoms with van der Waals surface area (Å²) in [5.74, 6) is -1.97. The number of carbonyl (C=O) groups excluding carboxylic acids is 2. The molecule has 3 rings (SSSR count). The Balaban J connectivity index is 1.72. The molecular weight excluding hydrogens is 436 g/mol. The molecule has 8 nitrogen and oxygen atoms in total. The molecule has 0 aromatic heterocycles. The molecule has 3 N–H and O–H groups in total. The number of rotatable bonds is 8. The highest BCUT2D eigenvalue weighted by Crippen LogP contribution is 2.44. The number of hydrogen-bond acceptors (Lipinski definition) is 5. The summed E-state index contributed by atoms with van der Waals surface area (Å²) < 4.78 is 10.7. The Kier molecular flexibility index (Phi) is 7.31. The second-order valence-corrected chi connectivity index (χ2v) is 9.83. The molecule has 1 aliphatic carbocycles. The van der Waals surface area contributed by atoms with Crippen LogP contribution in [0, 0.1) is 5.41 Å². The number of hydrogen-bond donors (Lipinski definition) is 3. The van der Waals surface area contributed by atoms with E-state index in [-0.39, 0.29) is 19.1 Å². The molecule has 0 spiro atoms.